The predicted molar refractivity (Wildman–Crippen MR) is 73.4 cm³/mol. The molecular weight excluding hydrogens is 264 g/mol. The van der Waals surface area contributed by atoms with Crippen molar-refractivity contribution < 1.29 is 0 Å². The van der Waals surface area contributed by atoms with Crippen LogP contribution >= 0.6 is 15.9 Å². The first-order chi connectivity index (χ1) is 7.54. The van der Waals surface area contributed by atoms with Crippen molar-refractivity contribution in [3.63, 3.8) is 0 Å². The molecule has 0 fully saturated rings. The van der Waals surface area contributed by atoms with Crippen LogP contribution in [0.5, 0.6) is 0 Å². The van der Waals surface area contributed by atoms with E-state index in [1.807, 2.05) is 6.92 Å². The van der Waals surface area contributed by atoms with Crippen LogP contribution in [0.4, 0.5) is 0 Å². The van der Waals surface area contributed by atoms with Crippen molar-refractivity contribution in [3.8, 4) is 0 Å². The summed E-state index contributed by atoms with van der Waals surface area (Å²) in [6.07, 6.45) is 1.07. The van der Waals surface area contributed by atoms with E-state index < -0.39 is 0 Å². The van der Waals surface area contributed by atoms with Gasteiger partial charge in [0.1, 0.15) is 0 Å². The highest BCUT2D eigenvalue weighted by atomic mass is 79.9. The fraction of sp³-hybridized carbons (Fsp3) is 0.538. The van der Waals surface area contributed by atoms with E-state index in [2.05, 4.69) is 59.4 Å². The first-order valence-electron chi connectivity index (χ1n) is 5.81. The molecule has 90 valence electrons. The summed E-state index contributed by atoms with van der Waals surface area (Å²) < 4.78 is 1.12. The fourth-order valence-electron chi connectivity index (χ4n) is 1.61. The lowest BCUT2D eigenvalue weighted by Crippen LogP contribution is -2.42. The summed E-state index contributed by atoms with van der Waals surface area (Å²) in [6, 6.07) is 9.34. The third kappa shape index (κ3) is 3.89. The average molecular weight is 285 g/mol. The Morgan fingerprint density at radius 1 is 1.25 bits per heavy atom. The topological polar surface area (TPSA) is 38.0 Å². The van der Waals surface area contributed by atoms with Crippen LogP contribution in [-0.4, -0.2) is 12.1 Å². The second-order valence-electron chi connectivity index (χ2n) is 4.33. The van der Waals surface area contributed by atoms with E-state index in [1.165, 1.54) is 5.56 Å². The Hall–Kier alpha value is -0.380. The van der Waals surface area contributed by atoms with Gasteiger partial charge in [-0.3, -0.25) is 0 Å². The first-order valence-corrected chi connectivity index (χ1v) is 6.61. The number of rotatable bonds is 5. The summed E-state index contributed by atoms with van der Waals surface area (Å²) in [6.45, 7) is 6.35. The van der Waals surface area contributed by atoms with E-state index in [9.17, 15) is 0 Å². The van der Waals surface area contributed by atoms with Gasteiger partial charge < -0.3 is 11.1 Å². The molecule has 0 saturated carbocycles. The van der Waals surface area contributed by atoms with Gasteiger partial charge in [-0.1, -0.05) is 35.0 Å². The van der Waals surface area contributed by atoms with Gasteiger partial charge in [-0.25, -0.2) is 0 Å². The minimum atomic E-state index is 0.171. The molecule has 0 aromatic heterocycles. The Morgan fingerprint density at radius 3 is 2.25 bits per heavy atom. The van der Waals surface area contributed by atoms with Crippen molar-refractivity contribution in [3.05, 3.63) is 34.3 Å². The van der Waals surface area contributed by atoms with Crippen molar-refractivity contribution in [1.82, 2.24) is 5.32 Å². The monoisotopic (exact) mass is 284 g/mol. The van der Waals surface area contributed by atoms with Gasteiger partial charge in [0.15, 0.2) is 0 Å². The largest absolute Gasteiger partial charge is 0.327 e. The number of halogens is 1. The molecule has 0 aliphatic rings. The van der Waals surface area contributed by atoms with Gasteiger partial charge in [0.05, 0.1) is 0 Å². The minimum absolute atomic E-state index is 0.171. The maximum atomic E-state index is 5.87. The summed E-state index contributed by atoms with van der Waals surface area (Å²) in [7, 11) is 0. The van der Waals surface area contributed by atoms with E-state index in [4.69, 9.17) is 5.73 Å². The highest BCUT2D eigenvalue weighted by Gasteiger charge is 2.14. The summed E-state index contributed by atoms with van der Waals surface area (Å²) in [4.78, 5) is 0. The molecule has 16 heavy (non-hydrogen) atoms. The number of hydrogen-bond donors (Lipinski definition) is 2. The van der Waals surface area contributed by atoms with E-state index in [0.29, 0.717) is 12.1 Å². The lowest BCUT2D eigenvalue weighted by molar-refractivity contribution is 0.406. The van der Waals surface area contributed by atoms with E-state index in [-0.39, 0.29) is 6.04 Å². The molecule has 3 unspecified atom stereocenters. The zero-order valence-corrected chi connectivity index (χ0v) is 11.8. The molecule has 0 amide bonds. The Kier molecular flexibility index (Phi) is 5.46. The van der Waals surface area contributed by atoms with Gasteiger partial charge in [-0.05, 0) is 38.0 Å². The van der Waals surface area contributed by atoms with E-state index >= 15 is 0 Å². The third-order valence-corrected chi connectivity index (χ3v) is 3.46. The number of nitrogens with one attached hydrogen (secondary N) is 1. The zero-order chi connectivity index (χ0) is 12.1. The van der Waals surface area contributed by atoms with Gasteiger partial charge in [-0.2, -0.15) is 0 Å². The summed E-state index contributed by atoms with van der Waals surface area (Å²) in [5.41, 5.74) is 7.19. The van der Waals surface area contributed by atoms with Crippen LogP contribution in [0, 0.1) is 0 Å². The third-order valence-electron chi connectivity index (χ3n) is 2.93. The quantitative estimate of drug-likeness (QED) is 0.871. The lowest BCUT2D eigenvalue weighted by Gasteiger charge is -2.25. The molecule has 0 heterocycles. The van der Waals surface area contributed by atoms with Crippen LogP contribution in [0.3, 0.4) is 0 Å². The Labute approximate surface area is 107 Å². The van der Waals surface area contributed by atoms with E-state index in [0.717, 1.165) is 10.9 Å². The van der Waals surface area contributed by atoms with Crippen LogP contribution in [0.15, 0.2) is 28.7 Å². The molecule has 3 heteroatoms. The SMILES string of the molecule is CCC(NC(C)C(C)N)c1ccc(Br)cc1. The smallest absolute Gasteiger partial charge is 0.0320 e. The van der Waals surface area contributed by atoms with Crippen LogP contribution < -0.4 is 11.1 Å². The molecule has 2 nitrogen and oxygen atoms in total. The maximum Gasteiger partial charge on any atom is 0.0320 e. The summed E-state index contributed by atoms with van der Waals surface area (Å²) in [5, 5.41) is 3.56. The zero-order valence-electron chi connectivity index (χ0n) is 10.2. The highest BCUT2D eigenvalue weighted by molar-refractivity contribution is 9.10. The summed E-state index contributed by atoms with van der Waals surface area (Å²) >= 11 is 3.45. The molecule has 0 spiro atoms. The van der Waals surface area contributed by atoms with Gasteiger partial charge in [0.2, 0.25) is 0 Å². The van der Waals surface area contributed by atoms with Gasteiger partial charge in [0.25, 0.3) is 0 Å². The normalized spacial score (nSPS) is 16.8. The van der Waals surface area contributed by atoms with Gasteiger partial charge in [-0.15, -0.1) is 0 Å². The molecule has 0 aliphatic carbocycles. The second kappa shape index (κ2) is 6.38. The van der Waals surface area contributed by atoms with Crippen molar-refractivity contribution in [2.75, 3.05) is 0 Å². The van der Waals surface area contributed by atoms with Gasteiger partial charge in [0, 0.05) is 22.6 Å². The van der Waals surface area contributed by atoms with Crippen LogP contribution in [0.1, 0.15) is 38.8 Å². The first kappa shape index (κ1) is 13.7. The molecule has 0 aliphatic heterocycles. The fourth-order valence-corrected chi connectivity index (χ4v) is 1.88. The minimum Gasteiger partial charge on any atom is -0.327 e. The number of nitrogens with two attached hydrogens (primary N) is 1. The average Bonchev–Trinajstić information content (AvgIpc) is 2.26. The number of benzene rings is 1. The van der Waals surface area contributed by atoms with E-state index in [1.54, 1.807) is 0 Å². The van der Waals surface area contributed by atoms with Crippen LogP contribution in [-0.2, 0) is 0 Å². The molecule has 1 rings (SSSR count). The Balaban J connectivity index is 2.70. The number of hydrogen-bond acceptors (Lipinski definition) is 2. The molecule has 3 N–H and O–H groups in total. The molecule has 0 radical (unpaired) electrons. The lowest BCUT2D eigenvalue weighted by atomic mass is 10.0. The summed E-state index contributed by atoms with van der Waals surface area (Å²) in [5.74, 6) is 0. The van der Waals surface area contributed by atoms with Crippen molar-refractivity contribution in [1.29, 1.82) is 0 Å². The molecule has 0 saturated heterocycles. The van der Waals surface area contributed by atoms with Gasteiger partial charge >= 0.3 is 0 Å². The molecule has 0 bridgehead atoms. The molecule has 1 aromatic rings. The van der Waals surface area contributed by atoms with Crippen molar-refractivity contribution >= 4 is 15.9 Å². The maximum absolute atomic E-state index is 5.87. The highest BCUT2D eigenvalue weighted by Crippen LogP contribution is 2.20. The van der Waals surface area contributed by atoms with Crippen LogP contribution in [0.25, 0.3) is 0 Å². The van der Waals surface area contributed by atoms with Crippen molar-refractivity contribution in [2.45, 2.75) is 45.3 Å². The molecule has 3 atom stereocenters. The predicted octanol–water partition coefficient (Wildman–Crippen LogP) is 3.23. The van der Waals surface area contributed by atoms with Crippen molar-refractivity contribution in [2.24, 2.45) is 5.73 Å². The Bertz CT molecular complexity index is 308. The Morgan fingerprint density at radius 2 is 1.81 bits per heavy atom. The standard InChI is InChI=1S/C13H21BrN2/c1-4-13(16-10(3)9(2)15)11-5-7-12(14)8-6-11/h5-10,13,16H,4,15H2,1-3H3. The molecule has 1 aromatic carbocycles. The van der Waals surface area contributed by atoms with Crippen LogP contribution in [0.2, 0.25) is 0 Å². The second-order valence-corrected chi connectivity index (χ2v) is 5.24. The molecular formula is C13H21BrN2.